The van der Waals surface area contributed by atoms with Crippen LogP contribution in [0.25, 0.3) is 0 Å². The third-order valence-corrected chi connectivity index (χ3v) is 4.28. The van der Waals surface area contributed by atoms with Gasteiger partial charge < -0.3 is 4.90 Å². The maximum absolute atomic E-state index is 11.2. The van der Waals surface area contributed by atoms with Gasteiger partial charge in [0.15, 0.2) is 0 Å². The molecule has 0 bridgehead atoms. The predicted octanol–water partition coefficient (Wildman–Crippen LogP) is 0.120. The number of piperazine rings is 1. The van der Waals surface area contributed by atoms with Crippen molar-refractivity contribution in [2.45, 2.75) is 0 Å². The van der Waals surface area contributed by atoms with Crippen molar-refractivity contribution < 1.29 is 8.42 Å². The summed E-state index contributed by atoms with van der Waals surface area (Å²) in [5.41, 5.74) is 0.581. The van der Waals surface area contributed by atoms with Crippen molar-refractivity contribution in [1.29, 1.82) is 5.26 Å². The zero-order valence-corrected chi connectivity index (χ0v) is 12.3. The van der Waals surface area contributed by atoms with Gasteiger partial charge in [-0.25, -0.2) is 13.4 Å². The Kier molecular flexibility index (Phi) is 4.57. The Morgan fingerprint density at radius 1 is 1.35 bits per heavy atom. The molecule has 0 radical (unpaired) electrons. The minimum absolute atomic E-state index is 0.194. The van der Waals surface area contributed by atoms with Gasteiger partial charge in [-0.3, -0.25) is 4.90 Å². The summed E-state index contributed by atoms with van der Waals surface area (Å²) in [6.45, 7) is 3.67. The van der Waals surface area contributed by atoms with E-state index in [9.17, 15) is 8.42 Å². The van der Waals surface area contributed by atoms with Gasteiger partial charge in [0.05, 0.1) is 11.3 Å². The van der Waals surface area contributed by atoms with Crippen LogP contribution in [0, 0.1) is 11.3 Å². The van der Waals surface area contributed by atoms with Gasteiger partial charge in [-0.2, -0.15) is 5.26 Å². The van der Waals surface area contributed by atoms with E-state index in [1.165, 1.54) is 6.26 Å². The van der Waals surface area contributed by atoms with Crippen LogP contribution in [-0.2, 0) is 9.84 Å². The first-order chi connectivity index (χ1) is 9.49. The van der Waals surface area contributed by atoms with Gasteiger partial charge >= 0.3 is 0 Å². The standard InChI is InChI=1S/C13H18N4O2S/c1-20(18,19)10-9-16-5-7-17(8-6-16)13-12(11-14)3-2-4-15-13/h2-4H,5-10H2,1H3. The summed E-state index contributed by atoms with van der Waals surface area (Å²) in [4.78, 5) is 8.48. The second kappa shape index (κ2) is 6.20. The molecule has 0 spiro atoms. The van der Waals surface area contributed by atoms with Crippen molar-refractivity contribution >= 4 is 15.7 Å². The van der Waals surface area contributed by atoms with E-state index in [0.29, 0.717) is 12.1 Å². The molecular weight excluding hydrogens is 276 g/mol. The molecule has 0 aromatic carbocycles. The monoisotopic (exact) mass is 294 g/mol. The first-order valence-corrected chi connectivity index (χ1v) is 8.56. The molecule has 0 atom stereocenters. The fraction of sp³-hybridized carbons (Fsp3) is 0.538. The van der Waals surface area contributed by atoms with Crippen LogP contribution in [0.5, 0.6) is 0 Å². The van der Waals surface area contributed by atoms with E-state index < -0.39 is 9.84 Å². The quantitative estimate of drug-likeness (QED) is 0.785. The Morgan fingerprint density at radius 2 is 2.05 bits per heavy atom. The van der Waals surface area contributed by atoms with Gasteiger partial charge in [0.1, 0.15) is 21.7 Å². The Hall–Kier alpha value is -1.65. The average Bonchev–Trinajstić information content (AvgIpc) is 2.45. The van der Waals surface area contributed by atoms with Gasteiger partial charge in [-0.15, -0.1) is 0 Å². The summed E-state index contributed by atoms with van der Waals surface area (Å²) in [5, 5.41) is 9.08. The molecule has 1 aliphatic heterocycles. The zero-order chi connectivity index (χ0) is 14.6. The van der Waals surface area contributed by atoms with Crippen molar-refractivity contribution in [3.8, 4) is 6.07 Å². The molecule has 7 heteroatoms. The Morgan fingerprint density at radius 3 is 2.65 bits per heavy atom. The molecule has 0 amide bonds. The summed E-state index contributed by atoms with van der Waals surface area (Å²) >= 11 is 0. The lowest BCUT2D eigenvalue weighted by Crippen LogP contribution is -2.48. The molecule has 0 saturated carbocycles. The summed E-state index contributed by atoms with van der Waals surface area (Å²) < 4.78 is 22.3. The predicted molar refractivity (Wildman–Crippen MR) is 77.3 cm³/mol. The molecule has 2 rings (SSSR count). The van der Waals surface area contributed by atoms with Crippen LogP contribution in [-0.4, -0.2) is 63.0 Å². The summed E-state index contributed by atoms with van der Waals surface area (Å²) in [6, 6.07) is 5.67. The van der Waals surface area contributed by atoms with Gasteiger partial charge in [0.25, 0.3) is 0 Å². The first-order valence-electron chi connectivity index (χ1n) is 6.50. The fourth-order valence-corrected chi connectivity index (χ4v) is 2.80. The van der Waals surface area contributed by atoms with Crippen molar-refractivity contribution in [2.24, 2.45) is 0 Å². The molecule has 1 aromatic rings. The number of rotatable bonds is 4. The number of anilines is 1. The van der Waals surface area contributed by atoms with Crippen LogP contribution in [0.4, 0.5) is 5.82 Å². The topological polar surface area (TPSA) is 77.3 Å². The maximum Gasteiger partial charge on any atom is 0.148 e. The highest BCUT2D eigenvalue weighted by molar-refractivity contribution is 7.90. The SMILES string of the molecule is CS(=O)(=O)CCN1CCN(c2ncccc2C#N)CC1. The second-order valence-electron chi connectivity index (χ2n) is 4.94. The lowest BCUT2D eigenvalue weighted by molar-refractivity contribution is 0.271. The molecule has 20 heavy (non-hydrogen) atoms. The number of hydrogen-bond acceptors (Lipinski definition) is 6. The molecule has 0 unspecified atom stereocenters. The summed E-state index contributed by atoms with van der Waals surface area (Å²) in [6.07, 6.45) is 2.95. The molecule has 0 N–H and O–H groups in total. The minimum Gasteiger partial charge on any atom is -0.353 e. The Labute approximate surface area is 119 Å². The average molecular weight is 294 g/mol. The van der Waals surface area contributed by atoms with E-state index in [2.05, 4.69) is 20.9 Å². The molecule has 108 valence electrons. The molecule has 1 aliphatic rings. The Balaban J connectivity index is 1.93. The number of pyridine rings is 1. The second-order valence-corrected chi connectivity index (χ2v) is 7.20. The summed E-state index contributed by atoms with van der Waals surface area (Å²) in [5.74, 6) is 0.915. The third kappa shape index (κ3) is 3.92. The third-order valence-electron chi connectivity index (χ3n) is 3.36. The normalized spacial score (nSPS) is 16.9. The first kappa shape index (κ1) is 14.8. The highest BCUT2D eigenvalue weighted by atomic mass is 32.2. The van der Waals surface area contributed by atoms with Crippen molar-refractivity contribution in [1.82, 2.24) is 9.88 Å². The highest BCUT2D eigenvalue weighted by Crippen LogP contribution is 2.17. The lowest BCUT2D eigenvalue weighted by Gasteiger charge is -2.35. The van der Waals surface area contributed by atoms with Gasteiger partial charge in [-0.05, 0) is 12.1 Å². The van der Waals surface area contributed by atoms with Crippen molar-refractivity contribution in [2.75, 3.05) is 49.6 Å². The number of nitrogens with zero attached hydrogens (tertiary/aromatic N) is 4. The molecule has 1 aromatic heterocycles. The van der Waals surface area contributed by atoms with Crippen LogP contribution in [0.2, 0.25) is 0 Å². The van der Waals surface area contributed by atoms with E-state index >= 15 is 0 Å². The lowest BCUT2D eigenvalue weighted by atomic mass is 10.2. The molecule has 0 aliphatic carbocycles. The van der Waals surface area contributed by atoms with E-state index in [-0.39, 0.29) is 5.75 Å². The van der Waals surface area contributed by atoms with Crippen molar-refractivity contribution in [3.05, 3.63) is 23.9 Å². The van der Waals surface area contributed by atoms with Gasteiger partial charge in [0.2, 0.25) is 0 Å². The molecular formula is C13H18N4O2S. The molecule has 2 heterocycles. The maximum atomic E-state index is 11.2. The number of aromatic nitrogens is 1. The minimum atomic E-state index is -2.91. The number of sulfone groups is 1. The van der Waals surface area contributed by atoms with E-state index in [0.717, 1.165) is 32.0 Å². The van der Waals surface area contributed by atoms with Gasteiger partial charge in [-0.1, -0.05) is 0 Å². The van der Waals surface area contributed by atoms with Crippen LogP contribution >= 0.6 is 0 Å². The van der Waals surface area contributed by atoms with Crippen LogP contribution < -0.4 is 4.90 Å². The zero-order valence-electron chi connectivity index (χ0n) is 11.5. The Bertz CT molecular complexity index is 601. The van der Waals surface area contributed by atoms with Gasteiger partial charge in [0, 0.05) is 45.2 Å². The van der Waals surface area contributed by atoms with Crippen LogP contribution in [0.15, 0.2) is 18.3 Å². The summed E-state index contributed by atoms with van der Waals surface area (Å²) in [7, 11) is -2.91. The van der Waals surface area contributed by atoms with E-state index in [4.69, 9.17) is 5.26 Å². The van der Waals surface area contributed by atoms with E-state index in [1.54, 1.807) is 18.3 Å². The van der Waals surface area contributed by atoms with Crippen molar-refractivity contribution in [3.63, 3.8) is 0 Å². The number of hydrogen-bond donors (Lipinski definition) is 0. The molecule has 1 saturated heterocycles. The smallest absolute Gasteiger partial charge is 0.148 e. The van der Waals surface area contributed by atoms with Crippen LogP contribution in [0.3, 0.4) is 0 Å². The van der Waals surface area contributed by atoms with Crippen LogP contribution in [0.1, 0.15) is 5.56 Å². The highest BCUT2D eigenvalue weighted by Gasteiger charge is 2.20. The van der Waals surface area contributed by atoms with E-state index in [1.807, 2.05) is 0 Å². The number of nitriles is 1. The largest absolute Gasteiger partial charge is 0.353 e. The molecule has 6 nitrogen and oxygen atoms in total. The fourth-order valence-electron chi connectivity index (χ4n) is 2.21. The molecule has 1 fully saturated rings.